The first-order valence-electron chi connectivity index (χ1n) is 4.67. The van der Waals surface area contributed by atoms with Crippen molar-refractivity contribution in [1.82, 2.24) is 0 Å². The molecule has 0 amide bonds. The van der Waals surface area contributed by atoms with Gasteiger partial charge in [0.1, 0.15) is 0 Å². The van der Waals surface area contributed by atoms with Crippen molar-refractivity contribution in [3.63, 3.8) is 0 Å². The molecule has 2 N–H and O–H groups in total. The van der Waals surface area contributed by atoms with E-state index in [0.29, 0.717) is 0 Å². The van der Waals surface area contributed by atoms with Gasteiger partial charge >= 0.3 is 0 Å². The normalized spacial score (nSPS) is 11.7. The van der Waals surface area contributed by atoms with Gasteiger partial charge in [-0.25, -0.2) is 0 Å². The van der Waals surface area contributed by atoms with Crippen molar-refractivity contribution in [2.45, 2.75) is 32.2 Å². The zero-order chi connectivity index (χ0) is 9.90. The highest BCUT2D eigenvalue weighted by Gasteiger charge is 2.22. The number of hydrogen-bond acceptors (Lipinski definition) is 1. The number of hydrogen-bond donors (Lipinski definition) is 1. The van der Waals surface area contributed by atoms with Crippen LogP contribution in [0.4, 0.5) is 0 Å². The molecular formula is C11H16ClN. The first-order chi connectivity index (χ1) is 6.12. The van der Waals surface area contributed by atoms with Crippen molar-refractivity contribution in [1.29, 1.82) is 0 Å². The second-order valence-corrected chi connectivity index (χ2v) is 3.81. The van der Waals surface area contributed by atoms with Crippen LogP contribution in [0.1, 0.15) is 32.3 Å². The SMILES string of the molecule is CCC(N)(CC)c1cccc(Cl)c1. The molecule has 72 valence electrons. The molecule has 1 aromatic rings. The van der Waals surface area contributed by atoms with Gasteiger partial charge in [0.25, 0.3) is 0 Å². The summed E-state index contributed by atoms with van der Waals surface area (Å²) in [6, 6.07) is 7.81. The molecule has 0 aromatic heterocycles. The van der Waals surface area contributed by atoms with Crippen LogP contribution in [0.3, 0.4) is 0 Å². The summed E-state index contributed by atoms with van der Waals surface area (Å²) < 4.78 is 0. The highest BCUT2D eigenvalue weighted by molar-refractivity contribution is 6.30. The van der Waals surface area contributed by atoms with Crippen molar-refractivity contribution in [3.05, 3.63) is 34.9 Å². The molecule has 0 saturated heterocycles. The van der Waals surface area contributed by atoms with E-state index in [1.807, 2.05) is 24.3 Å². The minimum atomic E-state index is -0.217. The molecule has 0 heterocycles. The number of nitrogens with two attached hydrogens (primary N) is 1. The van der Waals surface area contributed by atoms with E-state index in [1.165, 1.54) is 0 Å². The summed E-state index contributed by atoms with van der Waals surface area (Å²) in [5.74, 6) is 0. The Bertz CT molecular complexity index is 279. The Kier molecular flexibility index (Phi) is 3.34. The average molecular weight is 198 g/mol. The Hall–Kier alpha value is -0.530. The van der Waals surface area contributed by atoms with Gasteiger partial charge < -0.3 is 5.73 Å². The molecule has 2 heteroatoms. The molecule has 0 spiro atoms. The van der Waals surface area contributed by atoms with E-state index in [2.05, 4.69) is 13.8 Å². The maximum absolute atomic E-state index is 6.23. The van der Waals surface area contributed by atoms with Crippen molar-refractivity contribution in [2.24, 2.45) is 5.73 Å². The van der Waals surface area contributed by atoms with Crippen molar-refractivity contribution >= 4 is 11.6 Å². The molecule has 0 bridgehead atoms. The number of benzene rings is 1. The molecule has 0 atom stereocenters. The van der Waals surface area contributed by atoms with Crippen LogP contribution in [0.15, 0.2) is 24.3 Å². The van der Waals surface area contributed by atoms with Gasteiger partial charge in [-0.05, 0) is 30.5 Å². The zero-order valence-electron chi connectivity index (χ0n) is 8.18. The van der Waals surface area contributed by atoms with Crippen molar-refractivity contribution in [2.75, 3.05) is 0 Å². The van der Waals surface area contributed by atoms with Gasteiger partial charge in [0, 0.05) is 10.6 Å². The molecule has 1 rings (SSSR count). The molecule has 0 aliphatic carbocycles. The highest BCUT2D eigenvalue weighted by atomic mass is 35.5. The second-order valence-electron chi connectivity index (χ2n) is 3.37. The van der Waals surface area contributed by atoms with Gasteiger partial charge in [-0.15, -0.1) is 0 Å². The fourth-order valence-corrected chi connectivity index (χ4v) is 1.65. The Balaban J connectivity index is 3.05. The Labute approximate surface area is 84.9 Å². The molecule has 13 heavy (non-hydrogen) atoms. The monoisotopic (exact) mass is 197 g/mol. The molecule has 0 aliphatic heterocycles. The van der Waals surface area contributed by atoms with Crippen molar-refractivity contribution < 1.29 is 0 Å². The quantitative estimate of drug-likeness (QED) is 0.791. The van der Waals surface area contributed by atoms with E-state index < -0.39 is 0 Å². The second kappa shape index (κ2) is 4.12. The third-order valence-electron chi connectivity index (χ3n) is 2.66. The van der Waals surface area contributed by atoms with Crippen LogP contribution in [0, 0.1) is 0 Å². The predicted molar refractivity (Wildman–Crippen MR) is 57.9 cm³/mol. The zero-order valence-corrected chi connectivity index (χ0v) is 8.93. The molecule has 0 unspecified atom stereocenters. The maximum Gasteiger partial charge on any atom is 0.0409 e. The van der Waals surface area contributed by atoms with Crippen LogP contribution < -0.4 is 5.73 Å². The average Bonchev–Trinajstić information content (AvgIpc) is 2.17. The lowest BCUT2D eigenvalue weighted by Crippen LogP contribution is -2.34. The summed E-state index contributed by atoms with van der Waals surface area (Å²) >= 11 is 5.91. The van der Waals surface area contributed by atoms with Gasteiger partial charge in [0.2, 0.25) is 0 Å². The summed E-state index contributed by atoms with van der Waals surface area (Å²) in [7, 11) is 0. The Morgan fingerprint density at radius 1 is 1.31 bits per heavy atom. The number of halogens is 1. The van der Waals surface area contributed by atoms with Gasteiger partial charge in [-0.1, -0.05) is 37.6 Å². The van der Waals surface area contributed by atoms with Crippen molar-refractivity contribution in [3.8, 4) is 0 Å². The fourth-order valence-electron chi connectivity index (χ4n) is 1.46. The van der Waals surface area contributed by atoms with Gasteiger partial charge in [-0.2, -0.15) is 0 Å². The smallest absolute Gasteiger partial charge is 0.0409 e. The van der Waals surface area contributed by atoms with Crippen LogP contribution in [0.2, 0.25) is 5.02 Å². The van der Waals surface area contributed by atoms with Crippen LogP contribution in [-0.2, 0) is 5.54 Å². The van der Waals surface area contributed by atoms with Gasteiger partial charge in [0.15, 0.2) is 0 Å². The first kappa shape index (κ1) is 10.6. The largest absolute Gasteiger partial charge is 0.321 e. The summed E-state index contributed by atoms with van der Waals surface area (Å²) in [5, 5.41) is 0.759. The van der Waals surface area contributed by atoms with E-state index >= 15 is 0 Å². The van der Waals surface area contributed by atoms with E-state index in [9.17, 15) is 0 Å². The summed E-state index contributed by atoms with van der Waals surface area (Å²) in [6.45, 7) is 4.20. The molecule has 0 radical (unpaired) electrons. The lowest BCUT2D eigenvalue weighted by molar-refractivity contribution is 0.413. The van der Waals surface area contributed by atoms with E-state index in [1.54, 1.807) is 0 Å². The van der Waals surface area contributed by atoms with E-state index in [-0.39, 0.29) is 5.54 Å². The Morgan fingerprint density at radius 3 is 2.38 bits per heavy atom. The predicted octanol–water partition coefficient (Wildman–Crippen LogP) is 3.31. The molecule has 0 aliphatic rings. The Morgan fingerprint density at radius 2 is 1.92 bits per heavy atom. The molecule has 0 fully saturated rings. The highest BCUT2D eigenvalue weighted by Crippen LogP contribution is 2.27. The minimum Gasteiger partial charge on any atom is -0.321 e. The first-order valence-corrected chi connectivity index (χ1v) is 5.05. The molecule has 1 aromatic carbocycles. The third-order valence-corrected chi connectivity index (χ3v) is 2.90. The third kappa shape index (κ3) is 2.23. The molecular weight excluding hydrogens is 182 g/mol. The van der Waals surface area contributed by atoms with E-state index in [0.717, 1.165) is 23.4 Å². The summed E-state index contributed by atoms with van der Waals surface area (Å²) in [5.41, 5.74) is 7.14. The lowest BCUT2D eigenvalue weighted by Gasteiger charge is -2.27. The topological polar surface area (TPSA) is 26.0 Å². The molecule has 1 nitrogen and oxygen atoms in total. The van der Waals surface area contributed by atoms with Crippen LogP contribution in [0.25, 0.3) is 0 Å². The lowest BCUT2D eigenvalue weighted by atomic mass is 9.86. The standard InChI is InChI=1S/C11H16ClN/c1-3-11(13,4-2)9-6-5-7-10(12)8-9/h5-8H,3-4,13H2,1-2H3. The summed E-state index contributed by atoms with van der Waals surface area (Å²) in [4.78, 5) is 0. The minimum absolute atomic E-state index is 0.217. The summed E-state index contributed by atoms with van der Waals surface area (Å²) in [6.07, 6.45) is 1.87. The van der Waals surface area contributed by atoms with Gasteiger partial charge in [0.05, 0.1) is 0 Å². The fraction of sp³-hybridized carbons (Fsp3) is 0.455. The van der Waals surface area contributed by atoms with Crippen LogP contribution in [-0.4, -0.2) is 0 Å². The molecule has 0 saturated carbocycles. The van der Waals surface area contributed by atoms with Crippen LogP contribution >= 0.6 is 11.6 Å². The number of rotatable bonds is 3. The maximum atomic E-state index is 6.23. The van der Waals surface area contributed by atoms with E-state index in [4.69, 9.17) is 17.3 Å². The van der Waals surface area contributed by atoms with Crippen LogP contribution in [0.5, 0.6) is 0 Å². The van der Waals surface area contributed by atoms with Gasteiger partial charge in [-0.3, -0.25) is 0 Å².